The van der Waals surface area contributed by atoms with Crippen molar-refractivity contribution in [2.75, 3.05) is 0 Å². The fourth-order valence-corrected chi connectivity index (χ4v) is 1.16. The van der Waals surface area contributed by atoms with Crippen molar-refractivity contribution in [1.82, 2.24) is 15.0 Å². The first-order chi connectivity index (χ1) is 7.79. The summed E-state index contributed by atoms with van der Waals surface area (Å²) in [5.74, 6) is -1.31. The highest BCUT2D eigenvalue weighted by Gasteiger charge is 2.19. The highest BCUT2D eigenvalue weighted by Crippen LogP contribution is 2.03. The molecule has 0 aliphatic rings. The molecule has 16 heavy (non-hydrogen) atoms. The largest absolute Gasteiger partial charge is 0.285 e. The van der Waals surface area contributed by atoms with E-state index >= 15 is 0 Å². The number of pyridine rings is 1. The number of rotatable bonds is 3. The predicted octanol–water partition coefficient (Wildman–Crippen LogP) is 0.937. The van der Waals surface area contributed by atoms with E-state index < -0.39 is 11.6 Å². The van der Waals surface area contributed by atoms with Crippen molar-refractivity contribution >= 4 is 11.6 Å². The molecule has 2 aromatic rings. The molecular weight excluding hydrogens is 206 g/mol. The Bertz CT molecular complexity index is 462. The lowest BCUT2D eigenvalue weighted by molar-refractivity contribution is 0.0813. The SMILES string of the molecule is O=C(C(=O)c1cnccn1)c1cccnc1. The molecule has 5 heteroatoms. The van der Waals surface area contributed by atoms with Gasteiger partial charge < -0.3 is 0 Å². The number of hydrogen-bond donors (Lipinski definition) is 0. The summed E-state index contributed by atoms with van der Waals surface area (Å²) < 4.78 is 0. The van der Waals surface area contributed by atoms with Gasteiger partial charge in [-0.1, -0.05) is 0 Å². The molecule has 0 radical (unpaired) electrons. The normalized spacial score (nSPS) is 9.75. The van der Waals surface area contributed by atoms with Crippen LogP contribution in [0.3, 0.4) is 0 Å². The Balaban J connectivity index is 2.28. The minimum Gasteiger partial charge on any atom is -0.285 e. The Kier molecular flexibility index (Phi) is 2.77. The Morgan fingerprint density at radius 3 is 2.38 bits per heavy atom. The number of Topliss-reactive ketones (excluding diaryl/α,β-unsaturated/α-hetero) is 2. The van der Waals surface area contributed by atoms with Crippen LogP contribution in [-0.2, 0) is 0 Å². The average molecular weight is 213 g/mol. The van der Waals surface area contributed by atoms with Gasteiger partial charge in [-0.05, 0) is 12.1 Å². The molecule has 0 unspecified atom stereocenters. The lowest BCUT2D eigenvalue weighted by atomic mass is 10.1. The molecule has 2 heterocycles. The third-order valence-electron chi connectivity index (χ3n) is 1.93. The standard InChI is InChI=1S/C11H7N3O2/c15-10(8-2-1-3-12-6-8)11(16)9-7-13-4-5-14-9/h1-7H. The number of hydrogen-bond acceptors (Lipinski definition) is 5. The minimum absolute atomic E-state index is 0.0383. The summed E-state index contributed by atoms with van der Waals surface area (Å²) in [5.41, 5.74) is 0.287. The first-order valence-electron chi connectivity index (χ1n) is 4.54. The van der Waals surface area contributed by atoms with Crippen molar-refractivity contribution in [2.45, 2.75) is 0 Å². The van der Waals surface area contributed by atoms with Crippen molar-refractivity contribution in [3.05, 3.63) is 54.4 Å². The second-order valence-electron chi connectivity index (χ2n) is 2.99. The van der Waals surface area contributed by atoms with Crippen molar-refractivity contribution in [2.24, 2.45) is 0 Å². The first-order valence-corrected chi connectivity index (χ1v) is 4.54. The van der Waals surface area contributed by atoms with Crippen molar-refractivity contribution in [3.8, 4) is 0 Å². The van der Waals surface area contributed by atoms with Crippen LogP contribution in [0.4, 0.5) is 0 Å². The van der Waals surface area contributed by atoms with E-state index in [2.05, 4.69) is 15.0 Å². The molecule has 78 valence electrons. The van der Waals surface area contributed by atoms with Gasteiger partial charge in [-0.3, -0.25) is 19.6 Å². The fourth-order valence-electron chi connectivity index (χ4n) is 1.16. The van der Waals surface area contributed by atoms with E-state index in [4.69, 9.17) is 0 Å². The molecular formula is C11H7N3O2. The smallest absolute Gasteiger partial charge is 0.253 e. The quantitative estimate of drug-likeness (QED) is 0.560. The monoisotopic (exact) mass is 213 g/mol. The minimum atomic E-state index is -0.680. The molecule has 0 spiro atoms. The van der Waals surface area contributed by atoms with Gasteiger partial charge in [0.25, 0.3) is 5.78 Å². The molecule has 0 N–H and O–H groups in total. The third-order valence-corrected chi connectivity index (χ3v) is 1.93. The predicted molar refractivity (Wildman–Crippen MR) is 54.9 cm³/mol. The van der Waals surface area contributed by atoms with Crippen LogP contribution in [0.15, 0.2) is 43.1 Å². The van der Waals surface area contributed by atoms with Gasteiger partial charge in [-0.2, -0.15) is 0 Å². The van der Waals surface area contributed by atoms with E-state index in [1.165, 1.54) is 37.1 Å². The summed E-state index contributed by atoms with van der Waals surface area (Å²) in [4.78, 5) is 34.6. The summed E-state index contributed by atoms with van der Waals surface area (Å²) in [6.45, 7) is 0. The van der Waals surface area contributed by atoms with Crippen molar-refractivity contribution in [3.63, 3.8) is 0 Å². The Morgan fingerprint density at radius 1 is 0.938 bits per heavy atom. The van der Waals surface area contributed by atoms with E-state index in [9.17, 15) is 9.59 Å². The van der Waals surface area contributed by atoms with Gasteiger partial charge in [0.1, 0.15) is 5.69 Å². The number of carbonyl (C=O) groups is 2. The van der Waals surface area contributed by atoms with E-state index in [0.717, 1.165) is 0 Å². The summed E-state index contributed by atoms with van der Waals surface area (Å²) in [6.07, 6.45) is 6.94. The van der Waals surface area contributed by atoms with Crippen LogP contribution in [-0.4, -0.2) is 26.5 Å². The molecule has 2 aromatic heterocycles. The van der Waals surface area contributed by atoms with Gasteiger partial charge in [-0.15, -0.1) is 0 Å². The topological polar surface area (TPSA) is 72.8 Å². The molecule has 0 bridgehead atoms. The van der Waals surface area contributed by atoms with E-state index in [1.54, 1.807) is 6.07 Å². The van der Waals surface area contributed by atoms with Crippen LogP contribution in [0.25, 0.3) is 0 Å². The molecule has 0 aromatic carbocycles. The molecule has 0 atom stereocenters. The number of carbonyl (C=O) groups excluding carboxylic acids is 2. The average Bonchev–Trinajstić information content (AvgIpc) is 2.39. The molecule has 0 fully saturated rings. The van der Waals surface area contributed by atoms with E-state index in [1.807, 2.05) is 0 Å². The lowest BCUT2D eigenvalue weighted by Crippen LogP contribution is -2.16. The van der Waals surface area contributed by atoms with Crippen LogP contribution in [0, 0.1) is 0 Å². The molecule has 5 nitrogen and oxygen atoms in total. The molecule has 0 aliphatic carbocycles. The lowest BCUT2D eigenvalue weighted by Gasteiger charge is -1.98. The van der Waals surface area contributed by atoms with Gasteiger partial charge in [0, 0.05) is 30.4 Å². The second-order valence-corrected chi connectivity index (χ2v) is 2.99. The number of ketones is 2. The highest BCUT2D eigenvalue weighted by atomic mass is 16.2. The van der Waals surface area contributed by atoms with Crippen LogP contribution >= 0.6 is 0 Å². The first kappa shape index (κ1) is 10.1. The van der Waals surface area contributed by atoms with Gasteiger partial charge in [0.2, 0.25) is 5.78 Å². The van der Waals surface area contributed by atoms with Gasteiger partial charge in [0.05, 0.1) is 6.20 Å². The van der Waals surface area contributed by atoms with Crippen LogP contribution in [0.5, 0.6) is 0 Å². The summed E-state index contributed by atoms with van der Waals surface area (Å²) >= 11 is 0. The molecule has 0 saturated heterocycles. The maximum atomic E-state index is 11.7. The van der Waals surface area contributed by atoms with Crippen LogP contribution < -0.4 is 0 Å². The molecule has 0 saturated carbocycles. The van der Waals surface area contributed by atoms with E-state index in [0.29, 0.717) is 0 Å². The van der Waals surface area contributed by atoms with Crippen molar-refractivity contribution < 1.29 is 9.59 Å². The van der Waals surface area contributed by atoms with E-state index in [-0.39, 0.29) is 11.3 Å². The Morgan fingerprint density at radius 2 is 1.75 bits per heavy atom. The zero-order chi connectivity index (χ0) is 11.4. The fraction of sp³-hybridized carbons (Fsp3) is 0. The van der Waals surface area contributed by atoms with Crippen LogP contribution in [0.1, 0.15) is 20.8 Å². The van der Waals surface area contributed by atoms with Gasteiger partial charge in [0.15, 0.2) is 0 Å². The highest BCUT2D eigenvalue weighted by molar-refractivity contribution is 6.48. The van der Waals surface area contributed by atoms with Gasteiger partial charge >= 0.3 is 0 Å². The zero-order valence-corrected chi connectivity index (χ0v) is 8.20. The molecule has 2 rings (SSSR count). The summed E-state index contributed by atoms with van der Waals surface area (Å²) in [5, 5.41) is 0. The third kappa shape index (κ3) is 1.98. The second kappa shape index (κ2) is 4.39. The summed E-state index contributed by atoms with van der Waals surface area (Å²) in [6, 6.07) is 3.13. The summed E-state index contributed by atoms with van der Waals surface area (Å²) in [7, 11) is 0. The number of aromatic nitrogens is 3. The molecule has 0 amide bonds. The van der Waals surface area contributed by atoms with Crippen molar-refractivity contribution in [1.29, 1.82) is 0 Å². The number of nitrogens with zero attached hydrogens (tertiary/aromatic N) is 3. The Labute approximate surface area is 91.2 Å². The Hall–Kier alpha value is -2.43. The molecule has 0 aliphatic heterocycles. The van der Waals surface area contributed by atoms with Crippen LogP contribution in [0.2, 0.25) is 0 Å². The van der Waals surface area contributed by atoms with Gasteiger partial charge in [-0.25, -0.2) is 4.98 Å². The maximum absolute atomic E-state index is 11.7. The maximum Gasteiger partial charge on any atom is 0.253 e. The zero-order valence-electron chi connectivity index (χ0n) is 8.20.